The van der Waals surface area contributed by atoms with Crippen LogP contribution in [0, 0.1) is 11.3 Å². The Morgan fingerprint density at radius 2 is 1.76 bits per heavy atom. The number of hydrogen-bond donors (Lipinski definition) is 2. The third kappa shape index (κ3) is 5.59. The van der Waals surface area contributed by atoms with Crippen molar-refractivity contribution in [2.24, 2.45) is 11.3 Å². The average molecular weight is 298 g/mol. The molecule has 0 saturated carbocycles. The summed E-state index contributed by atoms with van der Waals surface area (Å²) < 4.78 is 0. The van der Waals surface area contributed by atoms with E-state index in [0.717, 1.165) is 38.8 Å². The predicted molar refractivity (Wildman–Crippen MR) is 87.1 cm³/mol. The van der Waals surface area contributed by atoms with Gasteiger partial charge in [0.15, 0.2) is 0 Å². The first-order valence-corrected chi connectivity index (χ1v) is 8.50. The minimum absolute atomic E-state index is 0.248. The molecule has 0 aromatic carbocycles. The molecule has 0 aromatic heterocycles. The van der Waals surface area contributed by atoms with Crippen molar-refractivity contribution in [1.29, 1.82) is 0 Å². The van der Waals surface area contributed by atoms with Crippen LogP contribution in [0.1, 0.15) is 60.3 Å². The van der Waals surface area contributed by atoms with Gasteiger partial charge in [-0.3, -0.25) is 4.79 Å². The van der Waals surface area contributed by atoms with E-state index in [-0.39, 0.29) is 17.4 Å². The summed E-state index contributed by atoms with van der Waals surface area (Å²) in [7, 11) is 0. The lowest BCUT2D eigenvalue weighted by molar-refractivity contribution is -0.140. The zero-order valence-corrected chi connectivity index (χ0v) is 14.5. The van der Waals surface area contributed by atoms with Crippen molar-refractivity contribution in [3.8, 4) is 0 Å². The monoisotopic (exact) mass is 298 g/mol. The van der Waals surface area contributed by atoms with Crippen LogP contribution in [0.5, 0.6) is 0 Å². The number of carbonyl (C=O) groups is 1. The molecule has 0 aliphatic carbocycles. The van der Waals surface area contributed by atoms with Crippen LogP contribution in [-0.4, -0.2) is 47.7 Å². The second-order valence-electron chi connectivity index (χ2n) is 7.37. The van der Waals surface area contributed by atoms with Crippen LogP contribution in [0.2, 0.25) is 0 Å². The van der Waals surface area contributed by atoms with Crippen LogP contribution >= 0.6 is 0 Å². The van der Waals surface area contributed by atoms with Gasteiger partial charge in [0.05, 0.1) is 6.10 Å². The van der Waals surface area contributed by atoms with Crippen molar-refractivity contribution in [3.63, 3.8) is 0 Å². The summed E-state index contributed by atoms with van der Waals surface area (Å²) in [5.41, 5.74) is -0.286. The maximum absolute atomic E-state index is 12.2. The fourth-order valence-electron chi connectivity index (χ4n) is 3.05. The van der Waals surface area contributed by atoms with E-state index in [4.69, 9.17) is 0 Å². The minimum atomic E-state index is -0.286. The van der Waals surface area contributed by atoms with Crippen LogP contribution in [0.25, 0.3) is 0 Å². The molecule has 1 heterocycles. The molecule has 1 saturated heterocycles. The molecule has 0 bridgehead atoms. The number of hydrogen-bond acceptors (Lipinski definition) is 3. The molecule has 4 heteroatoms. The quantitative estimate of drug-likeness (QED) is 0.792. The standard InChI is InChI=1S/C17H34N2O2/c1-6-13(7-2)15(20)12-18-14-8-10-19(11-9-14)16(21)17(3,4)5/h13-15,18,20H,6-12H2,1-5H3. The number of carbonyl (C=O) groups excluding carboxylic acids is 1. The predicted octanol–water partition coefficient (Wildman–Crippen LogP) is 2.41. The van der Waals surface area contributed by atoms with Gasteiger partial charge in [0.1, 0.15) is 0 Å². The minimum Gasteiger partial charge on any atom is -0.392 e. The molecule has 124 valence electrons. The zero-order valence-electron chi connectivity index (χ0n) is 14.5. The van der Waals surface area contributed by atoms with Crippen molar-refractivity contribution < 1.29 is 9.90 Å². The number of rotatable bonds is 6. The molecule has 1 rings (SSSR count). The van der Waals surface area contributed by atoms with Crippen molar-refractivity contribution in [2.45, 2.75) is 72.4 Å². The lowest BCUT2D eigenvalue weighted by Gasteiger charge is -2.36. The molecule has 1 aliphatic heterocycles. The van der Waals surface area contributed by atoms with Crippen LogP contribution in [0.3, 0.4) is 0 Å². The van der Waals surface area contributed by atoms with Crippen LogP contribution in [0.4, 0.5) is 0 Å². The number of amides is 1. The molecule has 21 heavy (non-hydrogen) atoms. The smallest absolute Gasteiger partial charge is 0.227 e. The first-order chi connectivity index (χ1) is 9.79. The van der Waals surface area contributed by atoms with E-state index in [2.05, 4.69) is 19.2 Å². The summed E-state index contributed by atoms with van der Waals surface area (Å²) in [6, 6.07) is 0.429. The summed E-state index contributed by atoms with van der Waals surface area (Å²) in [6.45, 7) is 12.5. The Labute approximate surface area is 130 Å². The molecule has 2 N–H and O–H groups in total. The average Bonchev–Trinajstić information content (AvgIpc) is 2.45. The van der Waals surface area contributed by atoms with Gasteiger partial charge in [-0.05, 0) is 18.8 Å². The summed E-state index contributed by atoms with van der Waals surface area (Å²) in [4.78, 5) is 14.2. The first-order valence-electron chi connectivity index (χ1n) is 8.50. The largest absolute Gasteiger partial charge is 0.392 e. The summed E-state index contributed by atoms with van der Waals surface area (Å²) >= 11 is 0. The molecule has 0 aromatic rings. The van der Waals surface area contributed by atoms with Gasteiger partial charge in [0.25, 0.3) is 0 Å². The van der Waals surface area contributed by atoms with E-state index in [0.29, 0.717) is 18.5 Å². The number of nitrogens with zero attached hydrogens (tertiary/aromatic N) is 1. The SMILES string of the molecule is CCC(CC)C(O)CNC1CCN(C(=O)C(C)(C)C)CC1. The second-order valence-corrected chi connectivity index (χ2v) is 7.37. The van der Waals surface area contributed by atoms with Gasteiger partial charge in [-0.15, -0.1) is 0 Å². The van der Waals surface area contributed by atoms with Gasteiger partial charge in [0.2, 0.25) is 5.91 Å². The van der Waals surface area contributed by atoms with Gasteiger partial charge in [-0.25, -0.2) is 0 Å². The lowest BCUT2D eigenvalue weighted by atomic mass is 9.92. The summed E-state index contributed by atoms with van der Waals surface area (Å²) in [6.07, 6.45) is 3.76. The van der Waals surface area contributed by atoms with Crippen LogP contribution in [-0.2, 0) is 4.79 Å². The fraction of sp³-hybridized carbons (Fsp3) is 0.941. The van der Waals surface area contributed by atoms with Crippen molar-refractivity contribution in [1.82, 2.24) is 10.2 Å². The van der Waals surface area contributed by atoms with Gasteiger partial charge in [-0.1, -0.05) is 47.5 Å². The number of aliphatic hydroxyl groups is 1. The molecule has 0 spiro atoms. The Hall–Kier alpha value is -0.610. The summed E-state index contributed by atoms with van der Waals surface area (Å²) in [5.74, 6) is 0.637. The molecule has 4 nitrogen and oxygen atoms in total. The Morgan fingerprint density at radius 3 is 2.19 bits per heavy atom. The molecular weight excluding hydrogens is 264 g/mol. The van der Waals surface area contributed by atoms with E-state index < -0.39 is 0 Å². The van der Waals surface area contributed by atoms with Gasteiger partial charge < -0.3 is 15.3 Å². The summed E-state index contributed by atoms with van der Waals surface area (Å²) in [5, 5.41) is 13.6. The number of likely N-dealkylation sites (tertiary alicyclic amines) is 1. The van der Waals surface area contributed by atoms with Crippen LogP contribution < -0.4 is 5.32 Å². The van der Waals surface area contributed by atoms with Crippen molar-refractivity contribution >= 4 is 5.91 Å². The number of nitrogens with one attached hydrogen (secondary N) is 1. The molecule has 1 atom stereocenters. The molecule has 1 fully saturated rings. The molecule has 1 unspecified atom stereocenters. The van der Waals surface area contributed by atoms with E-state index >= 15 is 0 Å². The Bertz CT molecular complexity index is 313. The normalized spacial score (nSPS) is 19.1. The van der Waals surface area contributed by atoms with Gasteiger partial charge in [-0.2, -0.15) is 0 Å². The number of piperidine rings is 1. The third-order valence-corrected chi connectivity index (χ3v) is 4.63. The van der Waals surface area contributed by atoms with E-state index in [1.165, 1.54) is 0 Å². The molecule has 0 radical (unpaired) electrons. The molecule has 1 aliphatic rings. The van der Waals surface area contributed by atoms with Gasteiger partial charge >= 0.3 is 0 Å². The van der Waals surface area contributed by atoms with E-state index in [1.807, 2.05) is 25.7 Å². The highest BCUT2D eigenvalue weighted by molar-refractivity contribution is 5.81. The Balaban J connectivity index is 2.32. The highest BCUT2D eigenvalue weighted by atomic mass is 16.3. The van der Waals surface area contributed by atoms with E-state index in [1.54, 1.807) is 0 Å². The third-order valence-electron chi connectivity index (χ3n) is 4.63. The Morgan fingerprint density at radius 1 is 1.24 bits per heavy atom. The number of aliphatic hydroxyl groups excluding tert-OH is 1. The maximum atomic E-state index is 12.2. The topological polar surface area (TPSA) is 52.6 Å². The van der Waals surface area contributed by atoms with Gasteiger partial charge in [0, 0.05) is 31.1 Å². The highest BCUT2D eigenvalue weighted by Crippen LogP contribution is 2.21. The second kappa shape index (κ2) is 8.14. The maximum Gasteiger partial charge on any atom is 0.227 e. The highest BCUT2D eigenvalue weighted by Gasteiger charge is 2.30. The first kappa shape index (κ1) is 18.4. The van der Waals surface area contributed by atoms with Crippen molar-refractivity contribution in [3.05, 3.63) is 0 Å². The van der Waals surface area contributed by atoms with Crippen molar-refractivity contribution in [2.75, 3.05) is 19.6 Å². The Kier molecular flexibility index (Phi) is 7.14. The molecule has 1 amide bonds. The van der Waals surface area contributed by atoms with E-state index in [9.17, 15) is 9.90 Å². The fourth-order valence-corrected chi connectivity index (χ4v) is 3.05. The van der Waals surface area contributed by atoms with Crippen LogP contribution in [0.15, 0.2) is 0 Å². The molecular formula is C17H34N2O2. The lowest BCUT2D eigenvalue weighted by Crippen LogP contribution is -2.49. The zero-order chi connectivity index (χ0) is 16.0.